The Bertz CT molecular complexity index is 470. The fourth-order valence-corrected chi connectivity index (χ4v) is 1.96. The van der Waals surface area contributed by atoms with Crippen LogP contribution in [0.3, 0.4) is 0 Å². The lowest BCUT2D eigenvalue weighted by Crippen LogP contribution is -2.49. The molecule has 100 valence electrons. The highest BCUT2D eigenvalue weighted by atomic mass is 35.5. The topological polar surface area (TPSA) is 38.3 Å². The average Bonchev–Trinajstić information content (AvgIpc) is 2.26. The molecule has 0 aliphatic carbocycles. The molecule has 1 saturated heterocycles. The first-order valence-corrected chi connectivity index (χ1v) is 5.42. The van der Waals surface area contributed by atoms with Crippen LogP contribution in [0.25, 0.3) is 0 Å². The number of alkyl halides is 2. The molecule has 0 spiro atoms. The van der Waals surface area contributed by atoms with Crippen LogP contribution in [0.1, 0.15) is 11.6 Å². The summed E-state index contributed by atoms with van der Waals surface area (Å²) >= 11 is 11.5. The second-order valence-corrected chi connectivity index (χ2v) is 4.42. The van der Waals surface area contributed by atoms with Crippen LogP contribution in [0, 0.1) is 0 Å². The van der Waals surface area contributed by atoms with Crippen LogP contribution in [0.4, 0.5) is 13.6 Å². The van der Waals surface area contributed by atoms with Crippen molar-refractivity contribution in [1.29, 1.82) is 0 Å². The maximum absolute atomic E-state index is 13.6. The Morgan fingerprint density at radius 3 is 2.72 bits per heavy atom. The number of rotatable bonds is 1. The number of carbonyl (C=O) groups is 1. The fourth-order valence-electron chi connectivity index (χ4n) is 1.55. The van der Waals surface area contributed by atoms with Crippen molar-refractivity contribution in [2.45, 2.75) is 12.0 Å². The Labute approximate surface area is 118 Å². The Balaban J connectivity index is 0.00000162. The first kappa shape index (κ1) is 15.3. The van der Waals surface area contributed by atoms with Crippen molar-refractivity contribution >= 4 is 41.7 Å². The minimum Gasteiger partial charge on any atom is -0.443 e. The molecule has 1 heterocycles. The molecule has 1 aliphatic rings. The van der Waals surface area contributed by atoms with Gasteiger partial charge in [-0.3, -0.25) is 0 Å². The Hall–Kier alpha value is -0.780. The lowest BCUT2D eigenvalue weighted by Gasteiger charge is -2.32. The predicted octanol–water partition coefficient (Wildman–Crippen LogP) is 3.83. The third-order valence-electron chi connectivity index (χ3n) is 2.35. The van der Waals surface area contributed by atoms with Gasteiger partial charge < -0.3 is 10.1 Å². The summed E-state index contributed by atoms with van der Waals surface area (Å²) in [4.78, 5) is 11.0. The summed E-state index contributed by atoms with van der Waals surface area (Å²) in [5.41, 5.74) is 0.0702. The average molecular weight is 319 g/mol. The minimum atomic E-state index is -3.23. The molecular weight excluding hydrogens is 310 g/mol. The molecule has 1 fully saturated rings. The molecule has 1 aliphatic heterocycles. The molecule has 8 heteroatoms. The van der Waals surface area contributed by atoms with Crippen LogP contribution in [-0.4, -0.2) is 18.6 Å². The number of carbonyl (C=O) groups excluding carboxylic acids is 1. The highest BCUT2D eigenvalue weighted by Gasteiger charge is 2.47. The molecule has 1 aromatic rings. The number of benzene rings is 1. The number of amides is 1. The van der Waals surface area contributed by atoms with Gasteiger partial charge in [-0.2, -0.15) is 0 Å². The Morgan fingerprint density at radius 2 is 2.06 bits per heavy atom. The van der Waals surface area contributed by atoms with Crippen molar-refractivity contribution in [1.82, 2.24) is 5.32 Å². The van der Waals surface area contributed by atoms with Gasteiger partial charge in [0.05, 0.1) is 0 Å². The van der Waals surface area contributed by atoms with Crippen molar-refractivity contribution in [3.8, 4) is 0 Å². The van der Waals surface area contributed by atoms with Gasteiger partial charge in [0.2, 0.25) is 0 Å². The number of hydrogen-bond acceptors (Lipinski definition) is 2. The number of alkyl carbamates (subject to hydrolysis) is 1. The number of ether oxygens (including phenoxy) is 1. The summed E-state index contributed by atoms with van der Waals surface area (Å²) in [6, 6.07) is 2.65. The molecule has 3 nitrogen and oxygen atoms in total. The lowest BCUT2D eigenvalue weighted by molar-refractivity contribution is -0.104. The van der Waals surface area contributed by atoms with E-state index in [1.165, 1.54) is 18.2 Å². The van der Waals surface area contributed by atoms with Gasteiger partial charge in [0, 0.05) is 15.6 Å². The van der Waals surface area contributed by atoms with E-state index in [1.807, 2.05) is 5.32 Å². The molecule has 0 saturated carbocycles. The van der Waals surface area contributed by atoms with Crippen molar-refractivity contribution in [3.63, 3.8) is 0 Å². The van der Waals surface area contributed by atoms with Gasteiger partial charge in [-0.1, -0.05) is 23.2 Å². The second-order valence-electron chi connectivity index (χ2n) is 3.58. The zero-order chi connectivity index (χ0) is 12.6. The van der Waals surface area contributed by atoms with Gasteiger partial charge >= 0.3 is 12.0 Å². The number of nitrogens with one attached hydrogen (secondary N) is 1. The van der Waals surface area contributed by atoms with Gasteiger partial charge in [0.25, 0.3) is 0 Å². The molecular formula is C10H8Cl3F2NO2. The van der Waals surface area contributed by atoms with Crippen molar-refractivity contribution in [2.75, 3.05) is 6.61 Å². The van der Waals surface area contributed by atoms with E-state index in [4.69, 9.17) is 23.2 Å². The van der Waals surface area contributed by atoms with E-state index in [0.717, 1.165) is 0 Å². The lowest BCUT2D eigenvalue weighted by atomic mass is 10.00. The van der Waals surface area contributed by atoms with Crippen molar-refractivity contribution < 1.29 is 18.3 Å². The third-order valence-corrected chi connectivity index (χ3v) is 2.93. The summed E-state index contributed by atoms with van der Waals surface area (Å²) in [7, 11) is 0. The van der Waals surface area contributed by atoms with Crippen LogP contribution in [0.15, 0.2) is 18.2 Å². The number of hydrogen-bond donors (Lipinski definition) is 1. The van der Waals surface area contributed by atoms with Crippen molar-refractivity contribution in [3.05, 3.63) is 33.8 Å². The molecule has 0 bridgehead atoms. The van der Waals surface area contributed by atoms with Crippen LogP contribution in [0.5, 0.6) is 0 Å². The molecule has 18 heavy (non-hydrogen) atoms. The van der Waals surface area contributed by atoms with Crippen LogP contribution in [0.2, 0.25) is 10.0 Å². The highest BCUT2D eigenvalue weighted by molar-refractivity contribution is 6.33. The summed E-state index contributed by atoms with van der Waals surface area (Å²) in [5, 5.41) is 2.41. The van der Waals surface area contributed by atoms with E-state index < -0.39 is 24.7 Å². The molecule has 1 atom stereocenters. The summed E-state index contributed by atoms with van der Waals surface area (Å²) < 4.78 is 31.4. The second kappa shape index (κ2) is 5.47. The van der Waals surface area contributed by atoms with Gasteiger partial charge in [0.15, 0.2) is 6.61 Å². The number of halogens is 5. The predicted molar refractivity (Wildman–Crippen MR) is 65.9 cm³/mol. The molecule has 1 amide bonds. The Kier molecular flexibility index (Phi) is 4.64. The summed E-state index contributed by atoms with van der Waals surface area (Å²) in [5.74, 6) is -3.23. The van der Waals surface area contributed by atoms with Gasteiger partial charge in [-0.05, 0) is 18.2 Å². The minimum absolute atomic E-state index is 0. The monoisotopic (exact) mass is 317 g/mol. The third kappa shape index (κ3) is 2.96. The molecule has 2 rings (SSSR count). The highest BCUT2D eigenvalue weighted by Crippen LogP contribution is 2.38. The Morgan fingerprint density at radius 1 is 1.39 bits per heavy atom. The van der Waals surface area contributed by atoms with Gasteiger partial charge in [0.1, 0.15) is 6.04 Å². The smallest absolute Gasteiger partial charge is 0.408 e. The van der Waals surface area contributed by atoms with Gasteiger partial charge in [-0.25, -0.2) is 13.6 Å². The standard InChI is InChI=1S/C10H7Cl2F2NO2.ClH/c11-5-1-2-7(12)6(3-5)8-10(13,14)4-17-9(16)15-8;/h1-3,8H,4H2,(H,15,16);1H/t8-;/m1./s1. The summed E-state index contributed by atoms with van der Waals surface area (Å²) in [6.07, 6.45) is -0.906. The first-order valence-electron chi connectivity index (χ1n) is 4.66. The quantitative estimate of drug-likeness (QED) is 0.854. The van der Waals surface area contributed by atoms with E-state index in [0.29, 0.717) is 0 Å². The van der Waals surface area contributed by atoms with Gasteiger partial charge in [-0.15, -0.1) is 12.4 Å². The van der Waals surface area contributed by atoms with Crippen LogP contribution in [-0.2, 0) is 4.74 Å². The summed E-state index contributed by atoms with van der Waals surface area (Å²) in [6.45, 7) is -0.980. The first-order chi connectivity index (χ1) is 7.90. The van der Waals surface area contributed by atoms with E-state index in [-0.39, 0.29) is 28.0 Å². The van der Waals surface area contributed by atoms with E-state index >= 15 is 0 Å². The van der Waals surface area contributed by atoms with E-state index in [2.05, 4.69) is 4.74 Å². The fraction of sp³-hybridized carbons (Fsp3) is 0.300. The zero-order valence-electron chi connectivity index (χ0n) is 8.75. The number of cyclic esters (lactones) is 1. The maximum Gasteiger partial charge on any atom is 0.408 e. The zero-order valence-corrected chi connectivity index (χ0v) is 11.1. The van der Waals surface area contributed by atoms with Crippen LogP contribution < -0.4 is 5.32 Å². The molecule has 1 N–H and O–H groups in total. The van der Waals surface area contributed by atoms with Crippen molar-refractivity contribution in [2.24, 2.45) is 0 Å². The molecule has 0 radical (unpaired) electrons. The maximum atomic E-state index is 13.6. The molecule has 1 aromatic carbocycles. The normalized spacial score (nSPS) is 21.6. The largest absolute Gasteiger partial charge is 0.443 e. The van der Waals surface area contributed by atoms with E-state index in [9.17, 15) is 13.6 Å². The SMILES string of the molecule is Cl.O=C1N[C@H](c2cc(Cl)ccc2Cl)C(F)(F)CO1. The van der Waals surface area contributed by atoms with E-state index in [1.54, 1.807) is 0 Å². The molecule has 0 unspecified atom stereocenters. The van der Waals surface area contributed by atoms with Crippen LogP contribution >= 0.6 is 35.6 Å². The molecule has 0 aromatic heterocycles.